The standard InChI is InChI=1S/C16H20N4O5S/c1-10(2)14-18-15(25-19-14)16(22)6-7-20(9-16)26(23,24)12-5-3-4-11(8-12)13(17)21/h3-5,8,10,22H,6-7,9H2,1-2H3,(H2,17,21)/t16-/m1/s1. The van der Waals surface area contributed by atoms with Crippen molar-refractivity contribution in [1.29, 1.82) is 0 Å². The van der Waals surface area contributed by atoms with Crippen molar-refractivity contribution in [3.8, 4) is 0 Å². The summed E-state index contributed by atoms with van der Waals surface area (Å²) in [6.45, 7) is 3.64. The van der Waals surface area contributed by atoms with E-state index < -0.39 is 21.5 Å². The lowest BCUT2D eigenvalue weighted by Gasteiger charge is -2.20. The molecule has 1 aromatic carbocycles. The minimum Gasteiger partial charge on any atom is -0.379 e. The minimum absolute atomic E-state index is 0.00443. The maximum Gasteiger partial charge on any atom is 0.260 e. The van der Waals surface area contributed by atoms with E-state index in [0.717, 1.165) is 4.31 Å². The van der Waals surface area contributed by atoms with Crippen LogP contribution in [-0.2, 0) is 15.6 Å². The molecule has 3 rings (SSSR count). The molecule has 26 heavy (non-hydrogen) atoms. The van der Waals surface area contributed by atoms with E-state index in [9.17, 15) is 18.3 Å². The maximum absolute atomic E-state index is 12.8. The molecule has 9 nitrogen and oxygen atoms in total. The van der Waals surface area contributed by atoms with E-state index in [1.807, 2.05) is 13.8 Å². The molecule has 0 spiro atoms. The molecule has 0 bridgehead atoms. The third kappa shape index (κ3) is 3.22. The van der Waals surface area contributed by atoms with E-state index in [2.05, 4.69) is 10.1 Å². The first-order valence-electron chi connectivity index (χ1n) is 8.10. The summed E-state index contributed by atoms with van der Waals surface area (Å²) in [6, 6.07) is 5.48. The van der Waals surface area contributed by atoms with E-state index in [4.69, 9.17) is 10.3 Å². The number of carbonyl (C=O) groups is 1. The fourth-order valence-electron chi connectivity index (χ4n) is 2.76. The topological polar surface area (TPSA) is 140 Å². The van der Waals surface area contributed by atoms with Crippen molar-refractivity contribution >= 4 is 15.9 Å². The Labute approximate surface area is 150 Å². The Kier molecular flexibility index (Phi) is 4.59. The van der Waals surface area contributed by atoms with Crippen molar-refractivity contribution in [2.24, 2.45) is 5.73 Å². The molecule has 0 aliphatic carbocycles. The van der Waals surface area contributed by atoms with E-state index in [1.165, 1.54) is 24.3 Å². The molecule has 3 N–H and O–H groups in total. The fourth-order valence-corrected chi connectivity index (χ4v) is 4.30. The van der Waals surface area contributed by atoms with Gasteiger partial charge in [-0.05, 0) is 18.2 Å². The van der Waals surface area contributed by atoms with Gasteiger partial charge in [-0.25, -0.2) is 8.42 Å². The molecule has 1 fully saturated rings. The molecule has 10 heteroatoms. The molecule has 1 saturated heterocycles. The zero-order valence-electron chi connectivity index (χ0n) is 14.4. The van der Waals surface area contributed by atoms with Crippen molar-refractivity contribution in [2.45, 2.75) is 36.7 Å². The number of aromatic nitrogens is 2. The molecular formula is C16H20N4O5S. The molecule has 1 aromatic heterocycles. The second-order valence-electron chi connectivity index (χ2n) is 6.62. The maximum atomic E-state index is 12.8. The van der Waals surface area contributed by atoms with Gasteiger partial charge in [-0.3, -0.25) is 4.79 Å². The molecule has 1 atom stereocenters. The number of primary amides is 1. The summed E-state index contributed by atoms with van der Waals surface area (Å²) in [5, 5.41) is 14.6. The lowest BCUT2D eigenvalue weighted by Crippen LogP contribution is -2.34. The van der Waals surface area contributed by atoms with E-state index in [1.54, 1.807) is 0 Å². The molecular weight excluding hydrogens is 360 g/mol. The number of hydrogen-bond acceptors (Lipinski definition) is 7. The van der Waals surface area contributed by atoms with Crippen molar-refractivity contribution in [3.05, 3.63) is 41.5 Å². The highest BCUT2D eigenvalue weighted by atomic mass is 32.2. The van der Waals surface area contributed by atoms with Crippen LogP contribution in [0.3, 0.4) is 0 Å². The zero-order valence-corrected chi connectivity index (χ0v) is 15.2. The molecule has 0 radical (unpaired) electrons. The van der Waals surface area contributed by atoms with Crippen molar-refractivity contribution < 1.29 is 22.8 Å². The summed E-state index contributed by atoms with van der Waals surface area (Å²) in [7, 11) is -3.91. The fraction of sp³-hybridized carbons (Fsp3) is 0.438. The van der Waals surface area contributed by atoms with Gasteiger partial charge in [0.05, 0.1) is 11.4 Å². The molecule has 0 saturated carbocycles. The summed E-state index contributed by atoms with van der Waals surface area (Å²) in [4.78, 5) is 15.4. The van der Waals surface area contributed by atoms with Crippen LogP contribution in [-0.4, -0.2) is 47.0 Å². The second-order valence-corrected chi connectivity index (χ2v) is 8.56. The zero-order chi connectivity index (χ0) is 19.1. The molecule has 2 aromatic rings. The van der Waals surface area contributed by atoms with Gasteiger partial charge < -0.3 is 15.4 Å². The normalized spacial score (nSPS) is 21.4. The largest absolute Gasteiger partial charge is 0.379 e. The molecule has 1 amide bonds. The Morgan fingerprint density at radius 2 is 2.15 bits per heavy atom. The number of benzene rings is 1. The first kappa shape index (κ1) is 18.5. The Morgan fingerprint density at radius 1 is 1.42 bits per heavy atom. The van der Waals surface area contributed by atoms with Gasteiger partial charge in [0, 0.05) is 24.4 Å². The van der Waals surface area contributed by atoms with Gasteiger partial charge in [-0.2, -0.15) is 9.29 Å². The smallest absolute Gasteiger partial charge is 0.260 e. The summed E-state index contributed by atoms with van der Waals surface area (Å²) in [5.74, 6) is -0.241. The highest BCUT2D eigenvalue weighted by Gasteiger charge is 2.46. The Balaban J connectivity index is 1.87. The number of amides is 1. The van der Waals surface area contributed by atoms with Crippen molar-refractivity contribution in [2.75, 3.05) is 13.1 Å². The van der Waals surface area contributed by atoms with E-state index >= 15 is 0 Å². The minimum atomic E-state index is -3.91. The Hall–Kier alpha value is -2.30. The van der Waals surface area contributed by atoms with Crippen LogP contribution < -0.4 is 5.73 Å². The molecule has 140 valence electrons. The number of rotatable bonds is 5. The third-order valence-corrected chi connectivity index (χ3v) is 6.17. The summed E-state index contributed by atoms with van der Waals surface area (Å²) in [5.41, 5.74) is 3.76. The lowest BCUT2D eigenvalue weighted by molar-refractivity contribution is 0.0194. The van der Waals surface area contributed by atoms with Crippen LogP contribution in [0.5, 0.6) is 0 Å². The van der Waals surface area contributed by atoms with Crippen molar-refractivity contribution in [1.82, 2.24) is 14.4 Å². The predicted molar refractivity (Wildman–Crippen MR) is 90.6 cm³/mol. The number of nitrogens with two attached hydrogens (primary N) is 1. The van der Waals surface area contributed by atoms with Crippen LogP contribution in [0.2, 0.25) is 0 Å². The molecule has 1 aliphatic rings. The van der Waals surface area contributed by atoms with Gasteiger partial charge in [0.1, 0.15) is 0 Å². The monoisotopic (exact) mass is 380 g/mol. The van der Waals surface area contributed by atoms with E-state index in [0.29, 0.717) is 5.82 Å². The highest BCUT2D eigenvalue weighted by Crippen LogP contribution is 2.34. The average Bonchev–Trinajstić information content (AvgIpc) is 3.23. The van der Waals surface area contributed by atoms with Crippen LogP contribution in [0.25, 0.3) is 0 Å². The lowest BCUT2D eigenvalue weighted by atomic mass is 10.0. The SMILES string of the molecule is CC(C)c1noc([C@@]2(O)CCN(S(=O)(=O)c3cccc(C(N)=O)c3)C2)n1. The van der Waals surface area contributed by atoms with Gasteiger partial charge in [-0.15, -0.1) is 0 Å². The van der Waals surface area contributed by atoms with E-state index in [-0.39, 0.29) is 41.8 Å². The van der Waals surface area contributed by atoms with Crippen LogP contribution in [0, 0.1) is 0 Å². The number of hydrogen-bond donors (Lipinski definition) is 2. The number of carbonyl (C=O) groups excluding carboxylic acids is 1. The van der Waals surface area contributed by atoms with Gasteiger partial charge in [0.25, 0.3) is 5.89 Å². The Morgan fingerprint density at radius 3 is 2.77 bits per heavy atom. The predicted octanol–water partition coefficient (Wildman–Crippen LogP) is 0.574. The quantitative estimate of drug-likeness (QED) is 0.773. The number of β-amino-alcohol motifs (C(OH)–C–C–N with tert-alkyl or cyclic N) is 1. The van der Waals surface area contributed by atoms with Crippen LogP contribution in [0.4, 0.5) is 0 Å². The van der Waals surface area contributed by atoms with Crippen LogP contribution >= 0.6 is 0 Å². The number of nitrogens with zero attached hydrogens (tertiary/aromatic N) is 3. The molecule has 0 unspecified atom stereocenters. The van der Waals surface area contributed by atoms with Gasteiger partial charge in [-0.1, -0.05) is 25.1 Å². The van der Waals surface area contributed by atoms with Gasteiger partial charge >= 0.3 is 0 Å². The summed E-state index contributed by atoms with van der Waals surface area (Å²) < 4.78 is 31.9. The average molecular weight is 380 g/mol. The highest BCUT2D eigenvalue weighted by molar-refractivity contribution is 7.89. The first-order chi connectivity index (χ1) is 12.1. The van der Waals surface area contributed by atoms with Crippen molar-refractivity contribution in [3.63, 3.8) is 0 Å². The second kappa shape index (κ2) is 6.45. The Bertz CT molecular complexity index is 940. The molecule has 2 heterocycles. The summed E-state index contributed by atoms with van der Waals surface area (Å²) >= 11 is 0. The third-order valence-electron chi connectivity index (χ3n) is 4.33. The van der Waals surface area contributed by atoms with Crippen LogP contribution in [0.1, 0.15) is 48.3 Å². The number of sulfonamides is 1. The van der Waals surface area contributed by atoms with Gasteiger partial charge in [0.2, 0.25) is 15.9 Å². The number of aliphatic hydroxyl groups is 1. The molecule has 1 aliphatic heterocycles. The van der Waals surface area contributed by atoms with Gasteiger partial charge in [0.15, 0.2) is 11.4 Å². The first-order valence-corrected chi connectivity index (χ1v) is 9.54. The van der Waals surface area contributed by atoms with Crippen LogP contribution in [0.15, 0.2) is 33.7 Å². The summed E-state index contributed by atoms with van der Waals surface area (Å²) in [6.07, 6.45) is 0.126.